The fraction of sp³-hybridized carbons (Fsp3) is 0.357. The van der Waals surface area contributed by atoms with Gasteiger partial charge in [0.2, 0.25) is 5.88 Å². The average molecular weight is 306 g/mol. The summed E-state index contributed by atoms with van der Waals surface area (Å²) in [5.41, 5.74) is 0.528. The van der Waals surface area contributed by atoms with Crippen LogP contribution in [0.15, 0.2) is 29.7 Å². The maximum absolute atomic E-state index is 11.5. The molecule has 0 saturated carbocycles. The number of aliphatic carboxylic acids is 1. The second-order valence-electron chi connectivity index (χ2n) is 5.02. The fourth-order valence-corrected chi connectivity index (χ4v) is 2.54. The number of benzene rings is 1. The molecule has 2 aliphatic rings. The van der Waals surface area contributed by atoms with E-state index in [0.29, 0.717) is 43.5 Å². The highest BCUT2D eigenvalue weighted by Crippen LogP contribution is 2.34. The molecule has 1 aromatic rings. The van der Waals surface area contributed by atoms with Gasteiger partial charge in [-0.25, -0.2) is 4.79 Å². The fourth-order valence-electron chi connectivity index (χ4n) is 2.54. The molecule has 0 unspecified atom stereocenters. The molecule has 1 N–H and O–H groups in total. The molecule has 0 atom stereocenters. The van der Waals surface area contributed by atoms with E-state index in [2.05, 4.69) is 0 Å². The number of fused-ring (bicyclic) bond motifs is 1. The number of nitrogens with zero attached hydrogens (tertiary/aromatic N) is 2. The second kappa shape index (κ2) is 5.64. The minimum absolute atomic E-state index is 0.0816. The first-order valence-electron chi connectivity index (χ1n) is 6.80. The first-order chi connectivity index (χ1) is 10.6. The van der Waals surface area contributed by atoms with Crippen molar-refractivity contribution in [2.75, 3.05) is 26.3 Å². The molecule has 2 aliphatic heterocycles. The summed E-state index contributed by atoms with van der Waals surface area (Å²) in [6.07, 6.45) is 0.0963. The topological polar surface area (TPSA) is 102 Å². The van der Waals surface area contributed by atoms with E-state index < -0.39 is 10.9 Å². The molecule has 1 saturated heterocycles. The highest BCUT2D eigenvalue weighted by atomic mass is 16.6. The number of carboxylic acids is 1. The molecule has 8 heteroatoms. The maximum atomic E-state index is 11.5. The third-order valence-corrected chi connectivity index (χ3v) is 3.64. The Hall–Kier alpha value is -2.61. The van der Waals surface area contributed by atoms with Crippen molar-refractivity contribution in [1.29, 1.82) is 0 Å². The minimum Gasteiger partial charge on any atom is -0.478 e. The van der Waals surface area contributed by atoms with Crippen LogP contribution in [0.5, 0.6) is 5.75 Å². The Morgan fingerprint density at radius 2 is 2.05 bits per heavy atom. The number of nitro groups is 1. The number of nitro benzene ring substituents is 1. The van der Waals surface area contributed by atoms with E-state index >= 15 is 0 Å². The summed E-state index contributed by atoms with van der Waals surface area (Å²) in [7, 11) is 0. The number of ether oxygens (including phenoxy) is 2. The lowest BCUT2D eigenvalue weighted by Crippen LogP contribution is -2.39. The zero-order chi connectivity index (χ0) is 15.7. The number of carboxylic acid groups (broad SMARTS) is 1. The molecule has 1 aromatic carbocycles. The predicted octanol–water partition coefficient (Wildman–Crippen LogP) is 1.16. The Labute approximate surface area is 125 Å². The van der Waals surface area contributed by atoms with Gasteiger partial charge in [-0.2, -0.15) is 0 Å². The van der Waals surface area contributed by atoms with Gasteiger partial charge in [0.15, 0.2) is 0 Å². The zero-order valence-electron chi connectivity index (χ0n) is 11.7. The third kappa shape index (κ3) is 2.60. The molecular weight excluding hydrogens is 292 g/mol. The SMILES string of the molecule is O=C(O)C1=C(N2CCOCC2)Oc2ccc([N+](=O)[O-])cc2C1. The van der Waals surface area contributed by atoms with Gasteiger partial charge in [0, 0.05) is 37.2 Å². The van der Waals surface area contributed by atoms with E-state index in [1.165, 1.54) is 18.2 Å². The summed E-state index contributed by atoms with van der Waals surface area (Å²) >= 11 is 0. The van der Waals surface area contributed by atoms with E-state index in [4.69, 9.17) is 9.47 Å². The van der Waals surface area contributed by atoms with Crippen LogP contribution >= 0.6 is 0 Å². The number of hydrogen-bond donors (Lipinski definition) is 1. The Bertz CT molecular complexity index is 663. The van der Waals surface area contributed by atoms with Crippen LogP contribution in [-0.2, 0) is 16.0 Å². The molecule has 0 aromatic heterocycles. The van der Waals surface area contributed by atoms with Crippen molar-refractivity contribution < 1.29 is 24.3 Å². The van der Waals surface area contributed by atoms with Gasteiger partial charge >= 0.3 is 5.97 Å². The summed E-state index contributed by atoms with van der Waals surface area (Å²) < 4.78 is 11.0. The Kier molecular flexibility index (Phi) is 3.68. The number of morpholine rings is 1. The van der Waals surface area contributed by atoms with Crippen molar-refractivity contribution in [2.24, 2.45) is 0 Å². The number of rotatable bonds is 3. The quantitative estimate of drug-likeness (QED) is 0.660. The number of carbonyl (C=O) groups is 1. The van der Waals surface area contributed by atoms with Crippen LogP contribution in [-0.4, -0.2) is 47.2 Å². The van der Waals surface area contributed by atoms with Crippen molar-refractivity contribution >= 4 is 11.7 Å². The van der Waals surface area contributed by atoms with Gasteiger partial charge < -0.3 is 19.5 Å². The normalized spacial score (nSPS) is 17.7. The van der Waals surface area contributed by atoms with Crippen LogP contribution in [0.2, 0.25) is 0 Å². The monoisotopic (exact) mass is 306 g/mol. The predicted molar refractivity (Wildman–Crippen MR) is 74.5 cm³/mol. The molecule has 8 nitrogen and oxygen atoms in total. The average Bonchev–Trinajstić information content (AvgIpc) is 2.53. The van der Waals surface area contributed by atoms with Crippen LogP contribution in [0.4, 0.5) is 5.69 Å². The van der Waals surface area contributed by atoms with Crippen LogP contribution in [0.3, 0.4) is 0 Å². The molecule has 0 radical (unpaired) electrons. The molecule has 0 bridgehead atoms. The van der Waals surface area contributed by atoms with Crippen molar-refractivity contribution in [1.82, 2.24) is 4.90 Å². The number of hydrogen-bond acceptors (Lipinski definition) is 6. The smallest absolute Gasteiger partial charge is 0.337 e. The van der Waals surface area contributed by atoms with E-state index in [-0.39, 0.29) is 17.7 Å². The van der Waals surface area contributed by atoms with Crippen LogP contribution < -0.4 is 4.74 Å². The first kappa shape index (κ1) is 14.3. The van der Waals surface area contributed by atoms with Crippen molar-refractivity contribution in [2.45, 2.75) is 6.42 Å². The first-order valence-corrected chi connectivity index (χ1v) is 6.80. The lowest BCUT2D eigenvalue weighted by Gasteiger charge is -2.33. The molecule has 1 fully saturated rings. The van der Waals surface area contributed by atoms with Crippen molar-refractivity contribution in [3.8, 4) is 5.75 Å². The molecule has 0 spiro atoms. The highest BCUT2D eigenvalue weighted by Gasteiger charge is 2.30. The van der Waals surface area contributed by atoms with E-state index in [1.54, 1.807) is 0 Å². The molecule has 116 valence electrons. The minimum atomic E-state index is -1.08. The Morgan fingerprint density at radius 1 is 1.32 bits per heavy atom. The molecule has 22 heavy (non-hydrogen) atoms. The van der Waals surface area contributed by atoms with E-state index in [1.807, 2.05) is 4.90 Å². The number of non-ortho nitro benzene ring substituents is 1. The van der Waals surface area contributed by atoms with Gasteiger partial charge in [0.1, 0.15) is 11.3 Å². The summed E-state index contributed by atoms with van der Waals surface area (Å²) in [6.45, 7) is 2.11. The van der Waals surface area contributed by atoms with Crippen molar-refractivity contribution in [3.05, 3.63) is 45.3 Å². The standard InChI is InChI=1S/C14H14N2O6/c17-14(18)11-8-9-7-10(16(19)20)1-2-12(9)22-13(11)15-3-5-21-6-4-15/h1-2,7H,3-6,8H2,(H,17,18). The van der Waals surface area contributed by atoms with E-state index in [0.717, 1.165) is 0 Å². The van der Waals surface area contributed by atoms with Crippen molar-refractivity contribution in [3.63, 3.8) is 0 Å². The summed E-state index contributed by atoms with van der Waals surface area (Å²) in [5, 5.41) is 20.2. The lowest BCUT2D eigenvalue weighted by molar-refractivity contribution is -0.384. The van der Waals surface area contributed by atoms with E-state index in [9.17, 15) is 20.0 Å². The maximum Gasteiger partial charge on any atom is 0.337 e. The van der Waals surface area contributed by atoms with Gasteiger partial charge in [-0.1, -0.05) is 0 Å². The Morgan fingerprint density at radius 3 is 2.68 bits per heavy atom. The van der Waals surface area contributed by atoms with Crippen LogP contribution in [0, 0.1) is 10.1 Å². The summed E-state index contributed by atoms with van der Waals surface area (Å²) in [6, 6.07) is 4.21. The molecule has 2 heterocycles. The molecular formula is C14H14N2O6. The van der Waals surface area contributed by atoms with Crippen LogP contribution in [0.1, 0.15) is 5.56 Å². The third-order valence-electron chi connectivity index (χ3n) is 3.64. The van der Waals surface area contributed by atoms with Gasteiger partial charge in [0.05, 0.1) is 18.1 Å². The van der Waals surface area contributed by atoms with Gasteiger partial charge in [-0.3, -0.25) is 10.1 Å². The van der Waals surface area contributed by atoms with Crippen LogP contribution in [0.25, 0.3) is 0 Å². The van der Waals surface area contributed by atoms with Gasteiger partial charge in [-0.05, 0) is 6.07 Å². The summed E-state index contributed by atoms with van der Waals surface area (Å²) in [4.78, 5) is 23.7. The zero-order valence-corrected chi connectivity index (χ0v) is 11.7. The second-order valence-corrected chi connectivity index (χ2v) is 5.02. The molecule has 3 rings (SSSR count). The lowest BCUT2D eigenvalue weighted by atomic mass is 10.0. The molecule has 0 aliphatic carbocycles. The highest BCUT2D eigenvalue weighted by molar-refractivity contribution is 5.88. The van der Waals surface area contributed by atoms with Gasteiger partial charge in [-0.15, -0.1) is 0 Å². The summed E-state index contributed by atoms with van der Waals surface area (Å²) in [5.74, 6) is -0.326. The largest absolute Gasteiger partial charge is 0.478 e. The van der Waals surface area contributed by atoms with Gasteiger partial charge in [0.25, 0.3) is 5.69 Å². The molecule has 0 amide bonds. The Balaban J connectivity index is 1.96.